The van der Waals surface area contributed by atoms with Crippen molar-refractivity contribution in [1.29, 1.82) is 0 Å². The fourth-order valence-electron chi connectivity index (χ4n) is 4.10. The summed E-state index contributed by atoms with van der Waals surface area (Å²) in [5, 5.41) is 3.80. The lowest BCUT2D eigenvalue weighted by molar-refractivity contribution is 0.00266. The number of hydrogen-bond donors (Lipinski definition) is 1. The van der Waals surface area contributed by atoms with Crippen molar-refractivity contribution in [3.63, 3.8) is 0 Å². The molecule has 3 nitrogen and oxygen atoms in total. The Hall–Kier alpha value is -0.930. The quantitative estimate of drug-likeness (QED) is 0.925. The highest BCUT2D eigenvalue weighted by Crippen LogP contribution is 2.36. The highest BCUT2D eigenvalue weighted by atomic mass is 15.3. The molecule has 116 valence electrons. The van der Waals surface area contributed by atoms with Crippen molar-refractivity contribution in [2.75, 3.05) is 13.1 Å². The first-order chi connectivity index (χ1) is 10.2. The third-order valence-corrected chi connectivity index (χ3v) is 5.41. The number of nitrogens with zero attached hydrogens (tertiary/aromatic N) is 2. The van der Waals surface area contributed by atoms with E-state index in [0.717, 1.165) is 6.54 Å². The lowest BCUT2D eigenvalue weighted by Gasteiger charge is -2.52. The second kappa shape index (κ2) is 6.45. The predicted molar refractivity (Wildman–Crippen MR) is 87.3 cm³/mol. The van der Waals surface area contributed by atoms with Crippen molar-refractivity contribution in [2.24, 2.45) is 0 Å². The largest absolute Gasteiger partial charge is 0.311 e. The van der Waals surface area contributed by atoms with Gasteiger partial charge in [-0.1, -0.05) is 32.3 Å². The Kier molecular flexibility index (Phi) is 4.60. The first-order valence-electron chi connectivity index (χ1n) is 8.61. The number of hydrogen-bond acceptors (Lipinski definition) is 3. The second-order valence-electron chi connectivity index (χ2n) is 7.02. The molecule has 1 N–H and O–H groups in total. The van der Waals surface area contributed by atoms with Crippen LogP contribution in [0, 0.1) is 6.92 Å². The topological polar surface area (TPSA) is 28.2 Å². The van der Waals surface area contributed by atoms with Crippen molar-refractivity contribution >= 4 is 0 Å². The Morgan fingerprint density at radius 1 is 1.29 bits per heavy atom. The van der Waals surface area contributed by atoms with Gasteiger partial charge < -0.3 is 5.32 Å². The standard InChI is InChI=1S/C18H29N3/c1-3-17-13-21(12-16-9-15(2)10-19-11-16)18(14-20-17)7-5-4-6-8-18/h9-11,17,20H,3-8,12-14H2,1-2H3. The molecule has 3 heteroatoms. The SMILES string of the molecule is CCC1CN(Cc2cncc(C)c2)C2(CCCCC2)CN1. The van der Waals surface area contributed by atoms with Gasteiger partial charge in [0.15, 0.2) is 0 Å². The third kappa shape index (κ3) is 3.29. The predicted octanol–water partition coefficient (Wildman–Crippen LogP) is 3.28. The molecule has 1 aromatic heterocycles. The van der Waals surface area contributed by atoms with E-state index in [2.05, 4.69) is 35.1 Å². The number of piperazine rings is 1. The highest BCUT2D eigenvalue weighted by Gasteiger charge is 2.41. The molecule has 1 atom stereocenters. The van der Waals surface area contributed by atoms with Gasteiger partial charge in [-0.3, -0.25) is 9.88 Å². The molecule has 1 unspecified atom stereocenters. The molecule has 2 fully saturated rings. The van der Waals surface area contributed by atoms with Crippen LogP contribution in [0.1, 0.15) is 56.6 Å². The molecule has 1 aromatic rings. The van der Waals surface area contributed by atoms with Crippen LogP contribution in [0.15, 0.2) is 18.5 Å². The molecule has 0 radical (unpaired) electrons. The Morgan fingerprint density at radius 3 is 2.81 bits per heavy atom. The van der Waals surface area contributed by atoms with Crippen molar-refractivity contribution in [2.45, 2.75) is 70.5 Å². The molecule has 3 rings (SSSR count). The van der Waals surface area contributed by atoms with Crippen molar-refractivity contribution in [3.8, 4) is 0 Å². The summed E-state index contributed by atoms with van der Waals surface area (Å²) in [7, 11) is 0. The van der Waals surface area contributed by atoms with Gasteiger partial charge in [-0.15, -0.1) is 0 Å². The summed E-state index contributed by atoms with van der Waals surface area (Å²) in [5.74, 6) is 0. The van der Waals surface area contributed by atoms with E-state index in [4.69, 9.17) is 0 Å². The highest BCUT2D eigenvalue weighted by molar-refractivity contribution is 5.17. The van der Waals surface area contributed by atoms with Crippen LogP contribution in [0.4, 0.5) is 0 Å². The van der Waals surface area contributed by atoms with E-state index in [1.54, 1.807) is 0 Å². The molecule has 1 saturated heterocycles. The van der Waals surface area contributed by atoms with Crippen LogP contribution in [0.5, 0.6) is 0 Å². The molecule has 1 aliphatic carbocycles. The minimum absolute atomic E-state index is 0.396. The van der Waals surface area contributed by atoms with Gasteiger partial charge in [0.1, 0.15) is 0 Å². The van der Waals surface area contributed by atoms with Gasteiger partial charge in [-0.05, 0) is 37.3 Å². The average Bonchev–Trinajstić information content (AvgIpc) is 2.51. The van der Waals surface area contributed by atoms with Gasteiger partial charge in [0.2, 0.25) is 0 Å². The van der Waals surface area contributed by atoms with Crippen LogP contribution in [-0.4, -0.2) is 34.6 Å². The van der Waals surface area contributed by atoms with Crippen LogP contribution in [-0.2, 0) is 6.54 Å². The summed E-state index contributed by atoms with van der Waals surface area (Å²) in [6.45, 7) is 7.85. The summed E-state index contributed by atoms with van der Waals surface area (Å²) < 4.78 is 0. The van der Waals surface area contributed by atoms with Crippen LogP contribution >= 0.6 is 0 Å². The van der Waals surface area contributed by atoms with Crippen molar-refractivity contribution < 1.29 is 0 Å². The smallest absolute Gasteiger partial charge is 0.0338 e. The minimum atomic E-state index is 0.396. The molecular formula is C18H29N3. The molecule has 0 aromatic carbocycles. The van der Waals surface area contributed by atoms with E-state index in [1.165, 1.54) is 62.7 Å². The zero-order chi connectivity index (χ0) is 14.7. The van der Waals surface area contributed by atoms with Crippen LogP contribution < -0.4 is 5.32 Å². The first-order valence-corrected chi connectivity index (χ1v) is 8.61. The Morgan fingerprint density at radius 2 is 2.10 bits per heavy atom. The van der Waals surface area contributed by atoms with Crippen molar-refractivity contribution in [1.82, 2.24) is 15.2 Å². The van der Waals surface area contributed by atoms with E-state index in [-0.39, 0.29) is 0 Å². The lowest BCUT2D eigenvalue weighted by Crippen LogP contribution is -2.64. The fourth-order valence-corrected chi connectivity index (χ4v) is 4.10. The van der Waals surface area contributed by atoms with Gasteiger partial charge in [0, 0.05) is 43.6 Å². The minimum Gasteiger partial charge on any atom is -0.311 e. The number of pyridine rings is 1. The number of rotatable bonds is 3. The van der Waals surface area contributed by atoms with E-state index < -0.39 is 0 Å². The molecule has 1 aliphatic heterocycles. The van der Waals surface area contributed by atoms with Gasteiger partial charge in [0.25, 0.3) is 0 Å². The first kappa shape index (κ1) is 15.0. The van der Waals surface area contributed by atoms with Gasteiger partial charge in [-0.2, -0.15) is 0 Å². The summed E-state index contributed by atoms with van der Waals surface area (Å²) in [5.41, 5.74) is 3.04. The normalized spacial score (nSPS) is 26.1. The van der Waals surface area contributed by atoms with Crippen LogP contribution in [0.2, 0.25) is 0 Å². The van der Waals surface area contributed by atoms with Gasteiger partial charge in [-0.25, -0.2) is 0 Å². The molecule has 2 heterocycles. The van der Waals surface area contributed by atoms with Gasteiger partial charge >= 0.3 is 0 Å². The van der Waals surface area contributed by atoms with Crippen molar-refractivity contribution in [3.05, 3.63) is 29.6 Å². The zero-order valence-electron chi connectivity index (χ0n) is 13.6. The molecule has 21 heavy (non-hydrogen) atoms. The average molecular weight is 287 g/mol. The molecule has 0 amide bonds. The summed E-state index contributed by atoms with van der Waals surface area (Å²) >= 11 is 0. The maximum absolute atomic E-state index is 4.38. The maximum Gasteiger partial charge on any atom is 0.0338 e. The lowest BCUT2D eigenvalue weighted by atomic mass is 9.78. The number of nitrogens with one attached hydrogen (secondary N) is 1. The third-order valence-electron chi connectivity index (χ3n) is 5.41. The van der Waals surface area contributed by atoms with Gasteiger partial charge in [0.05, 0.1) is 0 Å². The Labute approximate surface area is 129 Å². The second-order valence-corrected chi connectivity index (χ2v) is 7.02. The molecule has 2 aliphatic rings. The monoisotopic (exact) mass is 287 g/mol. The molecule has 0 bridgehead atoms. The zero-order valence-corrected chi connectivity index (χ0v) is 13.6. The Bertz CT molecular complexity index is 465. The van der Waals surface area contributed by atoms with E-state index >= 15 is 0 Å². The molecule has 1 spiro atoms. The fraction of sp³-hybridized carbons (Fsp3) is 0.722. The number of aryl methyl sites for hydroxylation is 1. The van der Waals surface area contributed by atoms with Crippen LogP contribution in [0.25, 0.3) is 0 Å². The summed E-state index contributed by atoms with van der Waals surface area (Å²) in [6.07, 6.45) is 12.1. The summed E-state index contributed by atoms with van der Waals surface area (Å²) in [4.78, 5) is 7.15. The molecular weight excluding hydrogens is 258 g/mol. The number of aromatic nitrogens is 1. The summed E-state index contributed by atoms with van der Waals surface area (Å²) in [6, 6.07) is 2.95. The van der Waals surface area contributed by atoms with E-state index in [9.17, 15) is 0 Å². The Balaban J connectivity index is 1.79. The van der Waals surface area contributed by atoms with E-state index in [0.29, 0.717) is 11.6 Å². The molecule has 1 saturated carbocycles. The van der Waals surface area contributed by atoms with E-state index in [1.807, 2.05) is 12.4 Å². The maximum atomic E-state index is 4.38. The van der Waals surface area contributed by atoms with Crippen LogP contribution in [0.3, 0.4) is 0 Å².